The van der Waals surface area contributed by atoms with Gasteiger partial charge in [-0.15, -0.1) is 0 Å². The Morgan fingerprint density at radius 2 is 1.71 bits per heavy atom. The van der Waals surface area contributed by atoms with Crippen LogP contribution in [0.5, 0.6) is 5.75 Å². The van der Waals surface area contributed by atoms with Crippen LogP contribution in [0.25, 0.3) is 0 Å². The molecule has 0 saturated heterocycles. The van der Waals surface area contributed by atoms with E-state index in [0.717, 1.165) is 18.6 Å². The quantitative estimate of drug-likeness (QED) is 0.759. The Hall–Kier alpha value is -2.06. The van der Waals surface area contributed by atoms with E-state index in [4.69, 9.17) is 9.47 Å². The third kappa shape index (κ3) is 3.53. The second-order valence-electron chi connectivity index (χ2n) is 5.28. The molecule has 0 saturated carbocycles. The average Bonchev–Trinajstić information content (AvgIpc) is 3.03. The highest BCUT2D eigenvalue weighted by molar-refractivity contribution is 5.31. The normalized spacial score (nSPS) is 20.6. The highest BCUT2D eigenvalue weighted by atomic mass is 16.5. The van der Waals surface area contributed by atoms with Gasteiger partial charge in [0.15, 0.2) is 0 Å². The third-order valence-electron chi connectivity index (χ3n) is 3.83. The van der Waals surface area contributed by atoms with Crippen molar-refractivity contribution in [2.45, 2.75) is 25.0 Å². The molecule has 0 fully saturated rings. The molecule has 2 aromatic carbocycles. The SMILES string of the molecule is COc1ccc([C@@H]2C=C[C@@H](CCc3ccccc3)O2)cc1. The Morgan fingerprint density at radius 3 is 2.43 bits per heavy atom. The van der Waals surface area contributed by atoms with Crippen molar-refractivity contribution in [2.24, 2.45) is 0 Å². The van der Waals surface area contributed by atoms with Gasteiger partial charge in [-0.1, -0.05) is 54.6 Å². The molecule has 1 heterocycles. The van der Waals surface area contributed by atoms with Gasteiger partial charge in [-0.2, -0.15) is 0 Å². The zero-order valence-corrected chi connectivity index (χ0v) is 12.2. The van der Waals surface area contributed by atoms with Crippen molar-refractivity contribution in [2.75, 3.05) is 7.11 Å². The van der Waals surface area contributed by atoms with E-state index in [1.165, 1.54) is 11.1 Å². The van der Waals surface area contributed by atoms with E-state index in [1.807, 2.05) is 12.1 Å². The lowest BCUT2D eigenvalue weighted by molar-refractivity contribution is 0.0559. The van der Waals surface area contributed by atoms with Crippen molar-refractivity contribution in [1.29, 1.82) is 0 Å². The molecule has 1 aliphatic rings. The minimum absolute atomic E-state index is 0.0664. The second-order valence-corrected chi connectivity index (χ2v) is 5.28. The highest BCUT2D eigenvalue weighted by Crippen LogP contribution is 2.29. The van der Waals surface area contributed by atoms with Crippen molar-refractivity contribution < 1.29 is 9.47 Å². The Balaban J connectivity index is 1.54. The van der Waals surface area contributed by atoms with E-state index in [1.54, 1.807) is 7.11 Å². The van der Waals surface area contributed by atoms with Gasteiger partial charge >= 0.3 is 0 Å². The summed E-state index contributed by atoms with van der Waals surface area (Å²) in [7, 11) is 1.68. The molecule has 1 aliphatic heterocycles. The molecule has 21 heavy (non-hydrogen) atoms. The predicted molar refractivity (Wildman–Crippen MR) is 84.5 cm³/mol. The maximum Gasteiger partial charge on any atom is 0.118 e. The molecule has 0 radical (unpaired) electrons. The number of hydrogen-bond acceptors (Lipinski definition) is 2. The van der Waals surface area contributed by atoms with Crippen LogP contribution in [-0.2, 0) is 11.2 Å². The summed E-state index contributed by atoms with van der Waals surface area (Å²) in [5.41, 5.74) is 2.54. The van der Waals surface area contributed by atoms with E-state index in [2.05, 4.69) is 54.6 Å². The van der Waals surface area contributed by atoms with Crippen molar-refractivity contribution in [3.8, 4) is 5.75 Å². The van der Waals surface area contributed by atoms with E-state index in [9.17, 15) is 0 Å². The summed E-state index contributed by atoms with van der Waals surface area (Å²) in [5.74, 6) is 0.876. The lowest BCUT2D eigenvalue weighted by atomic mass is 10.1. The van der Waals surface area contributed by atoms with Gasteiger partial charge in [0.1, 0.15) is 11.9 Å². The molecule has 0 aliphatic carbocycles. The van der Waals surface area contributed by atoms with Crippen LogP contribution in [0.3, 0.4) is 0 Å². The number of methoxy groups -OCH3 is 1. The minimum Gasteiger partial charge on any atom is -0.497 e. The van der Waals surface area contributed by atoms with Crippen LogP contribution >= 0.6 is 0 Å². The number of aryl methyl sites for hydroxylation is 1. The maximum atomic E-state index is 6.09. The molecular formula is C19H20O2. The van der Waals surface area contributed by atoms with Gasteiger partial charge in [0.25, 0.3) is 0 Å². The van der Waals surface area contributed by atoms with Gasteiger partial charge in [0.2, 0.25) is 0 Å². The molecule has 0 N–H and O–H groups in total. The van der Waals surface area contributed by atoms with Crippen LogP contribution in [0.15, 0.2) is 66.7 Å². The van der Waals surface area contributed by atoms with Crippen molar-refractivity contribution >= 4 is 0 Å². The van der Waals surface area contributed by atoms with Gasteiger partial charge in [-0.25, -0.2) is 0 Å². The summed E-state index contributed by atoms with van der Waals surface area (Å²) in [6.45, 7) is 0. The molecule has 2 nitrogen and oxygen atoms in total. The molecule has 2 aromatic rings. The van der Waals surface area contributed by atoms with Gasteiger partial charge in [0, 0.05) is 0 Å². The Kier molecular flexibility index (Phi) is 4.37. The average molecular weight is 280 g/mol. The van der Waals surface area contributed by atoms with E-state index >= 15 is 0 Å². The summed E-state index contributed by atoms with van der Waals surface area (Å²) in [4.78, 5) is 0. The number of benzene rings is 2. The van der Waals surface area contributed by atoms with Crippen LogP contribution < -0.4 is 4.74 Å². The molecule has 0 aromatic heterocycles. The van der Waals surface area contributed by atoms with Crippen LogP contribution in [0.1, 0.15) is 23.7 Å². The lowest BCUT2D eigenvalue weighted by Gasteiger charge is -2.15. The molecule has 0 unspecified atom stereocenters. The van der Waals surface area contributed by atoms with Crippen LogP contribution in [0, 0.1) is 0 Å². The molecule has 2 heteroatoms. The first-order valence-electron chi connectivity index (χ1n) is 7.37. The highest BCUT2D eigenvalue weighted by Gasteiger charge is 2.20. The fourth-order valence-electron chi connectivity index (χ4n) is 2.61. The molecule has 0 amide bonds. The molecule has 3 rings (SSSR count). The van der Waals surface area contributed by atoms with Crippen LogP contribution in [0.2, 0.25) is 0 Å². The molecule has 0 spiro atoms. The first-order valence-corrected chi connectivity index (χ1v) is 7.37. The predicted octanol–water partition coefficient (Wildman–Crippen LogP) is 4.32. The summed E-state index contributed by atoms with van der Waals surface area (Å²) in [6.07, 6.45) is 6.67. The van der Waals surface area contributed by atoms with E-state index < -0.39 is 0 Å². The smallest absolute Gasteiger partial charge is 0.118 e. The van der Waals surface area contributed by atoms with Crippen molar-refractivity contribution in [3.63, 3.8) is 0 Å². The Bertz CT molecular complexity index is 587. The second kappa shape index (κ2) is 6.59. The summed E-state index contributed by atoms with van der Waals surface area (Å²) in [5, 5.41) is 0. The monoisotopic (exact) mass is 280 g/mol. The van der Waals surface area contributed by atoms with Crippen LogP contribution in [0.4, 0.5) is 0 Å². The lowest BCUT2D eigenvalue weighted by Crippen LogP contribution is -2.08. The van der Waals surface area contributed by atoms with E-state index in [0.29, 0.717) is 0 Å². The van der Waals surface area contributed by atoms with Gasteiger partial charge < -0.3 is 9.47 Å². The zero-order valence-electron chi connectivity index (χ0n) is 12.2. The summed E-state index contributed by atoms with van der Waals surface area (Å²) in [6, 6.07) is 18.6. The minimum atomic E-state index is 0.0664. The zero-order chi connectivity index (χ0) is 14.5. The first kappa shape index (κ1) is 13.9. The number of ether oxygens (including phenoxy) is 2. The Morgan fingerprint density at radius 1 is 0.952 bits per heavy atom. The molecule has 0 bridgehead atoms. The third-order valence-corrected chi connectivity index (χ3v) is 3.83. The standard InChI is InChI=1S/C19H20O2/c1-20-17-11-8-16(9-12-17)19-14-13-18(21-19)10-7-15-5-3-2-4-6-15/h2-6,8-9,11-14,18-19H,7,10H2,1H3/t18-,19+/m1/s1. The van der Waals surface area contributed by atoms with Crippen molar-refractivity contribution in [3.05, 3.63) is 77.9 Å². The van der Waals surface area contributed by atoms with Crippen molar-refractivity contribution in [1.82, 2.24) is 0 Å². The van der Waals surface area contributed by atoms with Gasteiger partial charge in [-0.05, 0) is 36.1 Å². The van der Waals surface area contributed by atoms with E-state index in [-0.39, 0.29) is 12.2 Å². The molecular weight excluding hydrogens is 260 g/mol. The summed E-state index contributed by atoms with van der Waals surface area (Å²) >= 11 is 0. The number of hydrogen-bond donors (Lipinski definition) is 0. The maximum absolute atomic E-state index is 6.09. The van der Waals surface area contributed by atoms with Crippen LogP contribution in [-0.4, -0.2) is 13.2 Å². The Labute approximate surface area is 126 Å². The number of rotatable bonds is 5. The topological polar surface area (TPSA) is 18.5 Å². The molecule has 108 valence electrons. The van der Waals surface area contributed by atoms with Gasteiger partial charge in [-0.3, -0.25) is 0 Å². The largest absolute Gasteiger partial charge is 0.497 e. The fourth-order valence-corrected chi connectivity index (χ4v) is 2.61. The fraction of sp³-hybridized carbons (Fsp3) is 0.263. The van der Waals surface area contributed by atoms with Gasteiger partial charge in [0.05, 0.1) is 13.2 Å². The molecule has 2 atom stereocenters. The summed E-state index contributed by atoms with van der Waals surface area (Å²) < 4.78 is 11.3. The first-order chi connectivity index (χ1) is 10.3.